The third-order valence-corrected chi connectivity index (χ3v) is 5.06. The summed E-state index contributed by atoms with van der Waals surface area (Å²) in [7, 11) is 0. The van der Waals surface area contributed by atoms with E-state index in [9.17, 15) is 4.79 Å². The Morgan fingerprint density at radius 2 is 1.15 bits per heavy atom. The van der Waals surface area contributed by atoms with E-state index in [0.29, 0.717) is 3.83 Å². The van der Waals surface area contributed by atoms with Crippen molar-refractivity contribution in [3.05, 3.63) is 117 Å². The smallest absolute Gasteiger partial charge is 0.212 e. The minimum absolute atomic E-state index is 0.288. The maximum atomic E-state index is 11.9. The van der Waals surface area contributed by atoms with Gasteiger partial charge in [0, 0.05) is 22.6 Å². The number of aldehydes is 1. The second-order valence-electron chi connectivity index (χ2n) is 6.08. The van der Waals surface area contributed by atoms with Crippen LogP contribution in [0.25, 0.3) is 0 Å². The normalized spacial score (nSPS) is 11.3. The molecule has 0 radical (unpaired) electrons. The third kappa shape index (κ3) is 2.98. The number of benzene rings is 3. The average molecular weight is 465 g/mol. The Morgan fingerprint density at radius 1 is 0.741 bits per heavy atom. The van der Waals surface area contributed by atoms with Crippen molar-refractivity contribution in [1.29, 1.82) is 0 Å². The Morgan fingerprint density at radius 3 is 1.52 bits per heavy atom. The Hall–Kier alpha value is -2.80. The average Bonchev–Trinajstić information content (AvgIpc) is 3.12. The highest BCUT2D eigenvalue weighted by Crippen LogP contribution is 2.40. The molecule has 0 N–H and O–H groups in total. The van der Waals surface area contributed by atoms with Gasteiger partial charge in [0.1, 0.15) is 5.54 Å². The second kappa shape index (κ2) is 7.44. The molecule has 132 valence electrons. The number of rotatable bonds is 5. The van der Waals surface area contributed by atoms with Crippen LogP contribution in [0.5, 0.6) is 0 Å². The molecule has 4 nitrogen and oxygen atoms in total. The van der Waals surface area contributed by atoms with E-state index in [1.165, 1.54) is 0 Å². The Balaban J connectivity index is 2.18. The maximum Gasteiger partial charge on any atom is 0.212 e. The van der Waals surface area contributed by atoms with Crippen LogP contribution in [0.1, 0.15) is 27.3 Å². The zero-order valence-corrected chi connectivity index (χ0v) is 16.5. The van der Waals surface area contributed by atoms with E-state index in [-0.39, 0.29) is 5.82 Å². The monoisotopic (exact) mass is 465 g/mol. The number of hydrogen-bond donors (Lipinski definition) is 0. The van der Waals surface area contributed by atoms with E-state index in [1.807, 2.05) is 77.2 Å². The fourth-order valence-electron chi connectivity index (χ4n) is 3.53. The SMILES string of the molecule is O=Cc1nc(I)nn1C(c1ccccc1)(c1ccccc1)c1ccccc1. The summed E-state index contributed by atoms with van der Waals surface area (Å²) in [5, 5.41) is 4.64. The van der Waals surface area contributed by atoms with Crippen molar-refractivity contribution in [3.63, 3.8) is 0 Å². The summed E-state index contributed by atoms with van der Waals surface area (Å²) in [4.78, 5) is 16.2. The third-order valence-electron chi connectivity index (χ3n) is 4.60. The van der Waals surface area contributed by atoms with Gasteiger partial charge in [0.15, 0.2) is 12.1 Å². The molecule has 0 bridgehead atoms. The number of carbonyl (C=O) groups excluding carboxylic acids is 1. The predicted molar refractivity (Wildman–Crippen MR) is 113 cm³/mol. The van der Waals surface area contributed by atoms with Gasteiger partial charge in [-0.3, -0.25) is 4.79 Å². The van der Waals surface area contributed by atoms with Gasteiger partial charge in [0.05, 0.1) is 0 Å². The lowest BCUT2D eigenvalue weighted by Crippen LogP contribution is -2.39. The van der Waals surface area contributed by atoms with E-state index >= 15 is 0 Å². The maximum absolute atomic E-state index is 11.9. The van der Waals surface area contributed by atoms with E-state index < -0.39 is 5.54 Å². The molecule has 0 aliphatic rings. The lowest BCUT2D eigenvalue weighted by Gasteiger charge is -2.36. The molecule has 0 unspecified atom stereocenters. The first-order valence-corrected chi connectivity index (χ1v) is 9.59. The molecular weight excluding hydrogens is 449 g/mol. The summed E-state index contributed by atoms with van der Waals surface area (Å²) < 4.78 is 2.27. The summed E-state index contributed by atoms with van der Waals surface area (Å²) in [6, 6.07) is 30.3. The highest BCUT2D eigenvalue weighted by atomic mass is 127. The molecule has 0 aliphatic carbocycles. The zero-order chi connectivity index (χ0) is 18.7. The van der Waals surface area contributed by atoms with Gasteiger partial charge >= 0.3 is 0 Å². The summed E-state index contributed by atoms with van der Waals surface area (Å²) in [5.74, 6) is 0.288. The van der Waals surface area contributed by atoms with Crippen molar-refractivity contribution in [2.24, 2.45) is 0 Å². The van der Waals surface area contributed by atoms with Gasteiger partial charge in [-0.25, -0.2) is 4.68 Å². The van der Waals surface area contributed by atoms with Gasteiger partial charge < -0.3 is 0 Å². The standard InChI is InChI=1S/C22H16IN3O/c23-21-24-20(16-27)26(25-21)22(17-10-4-1-5-11-17,18-12-6-2-7-13-18)19-14-8-3-9-15-19/h1-16H. The van der Waals surface area contributed by atoms with E-state index in [4.69, 9.17) is 0 Å². The first-order chi connectivity index (χ1) is 13.3. The number of hydrogen-bond acceptors (Lipinski definition) is 3. The molecular formula is C22H16IN3O. The Bertz CT molecular complexity index is 950. The molecule has 3 aromatic carbocycles. The quantitative estimate of drug-likeness (QED) is 0.247. The highest BCUT2D eigenvalue weighted by Gasteiger charge is 2.41. The van der Waals surface area contributed by atoms with E-state index in [0.717, 1.165) is 23.0 Å². The fourth-order valence-corrected chi connectivity index (χ4v) is 3.99. The van der Waals surface area contributed by atoms with Crippen molar-refractivity contribution in [2.75, 3.05) is 0 Å². The van der Waals surface area contributed by atoms with Crippen molar-refractivity contribution in [2.45, 2.75) is 5.54 Å². The number of nitrogens with zero attached hydrogens (tertiary/aromatic N) is 3. The minimum Gasteiger partial charge on any atom is -0.294 e. The minimum atomic E-state index is -0.809. The van der Waals surface area contributed by atoms with Crippen LogP contribution in [0.4, 0.5) is 0 Å². The van der Waals surface area contributed by atoms with Crippen LogP contribution in [-0.2, 0) is 5.54 Å². The summed E-state index contributed by atoms with van der Waals surface area (Å²) >= 11 is 2.05. The van der Waals surface area contributed by atoms with Crippen molar-refractivity contribution in [3.8, 4) is 0 Å². The van der Waals surface area contributed by atoms with Crippen LogP contribution in [0.3, 0.4) is 0 Å². The first-order valence-electron chi connectivity index (χ1n) is 8.51. The van der Waals surface area contributed by atoms with Crippen LogP contribution >= 0.6 is 22.6 Å². The van der Waals surface area contributed by atoms with Crippen LogP contribution < -0.4 is 0 Å². The number of carbonyl (C=O) groups is 1. The van der Waals surface area contributed by atoms with Gasteiger partial charge in [0.2, 0.25) is 3.83 Å². The van der Waals surface area contributed by atoms with Gasteiger partial charge in [0.25, 0.3) is 0 Å². The van der Waals surface area contributed by atoms with Crippen molar-refractivity contribution in [1.82, 2.24) is 14.8 Å². The topological polar surface area (TPSA) is 47.8 Å². The van der Waals surface area contributed by atoms with Crippen LogP contribution in [0.15, 0.2) is 91.0 Å². The van der Waals surface area contributed by atoms with Gasteiger partial charge in [-0.05, 0) is 16.7 Å². The molecule has 0 amide bonds. The largest absolute Gasteiger partial charge is 0.294 e. The molecule has 1 heterocycles. The molecule has 27 heavy (non-hydrogen) atoms. The van der Waals surface area contributed by atoms with Gasteiger partial charge in [-0.2, -0.15) is 4.98 Å². The molecule has 0 spiro atoms. The van der Waals surface area contributed by atoms with Crippen molar-refractivity contribution >= 4 is 28.9 Å². The molecule has 5 heteroatoms. The number of halogens is 1. The van der Waals surface area contributed by atoms with Crippen LogP contribution in [-0.4, -0.2) is 21.1 Å². The van der Waals surface area contributed by atoms with Crippen LogP contribution in [0.2, 0.25) is 0 Å². The van der Waals surface area contributed by atoms with E-state index in [1.54, 1.807) is 4.68 Å². The second-order valence-corrected chi connectivity index (χ2v) is 7.04. The molecule has 0 saturated carbocycles. The zero-order valence-electron chi connectivity index (χ0n) is 14.4. The summed E-state index contributed by atoms with van der Waals surface area (Å²) in [6.07, 6.45) is 0.763. The molecule has 0 aliphatic heterocycles. The lowest BCUT2D eigenvalue weighted by molar-refractivity contribution is 0.110. The lowest BCUT2D eigenvalue weighted by atomic mass is 9.77. The Labute approximate surface area is 171 Å². The predicted octanol–water partition coefficient (Wildman–Crippen LogP) is 4.54. The molecule has 0 atom stereocenters. The van der Waals surface area contributed by atoms with Gasteiger partial charge in [-0.15, -0.1) is 5.10 Å². The molecule has 0 fully saturated rings. The Kier molecular flexibility index (Phi) is 4.85. The van der Waals surface area contributed by atoms with Gasteiger partial charge in [-0.1, -0.05) is 91.0 Å². The molecule has 4 aromatic rings. The van der Waals surface area contributed by atoms with E-state index in [2.05, 4.69) is 46.5 Å². The highest BCUT2D eigenvalue weighted by molar-refractivity contribution is 14.1. The van der Waals surface area contributed by atoms with Crippen molar-refractivity contribution < 1.29 is 4.79 Å². The molecule has 4 rings (SSSR count). The first kappa shape index (κ1) is 17.6. The molecule has 1 aromatic heterocycles. The number of aromatic nitrogens is 3. The molecule has 0 saturated heterocycles. The van der Waals surface area contributed by atoms with Crippen LogP contribution in [0, 0.1) is 3.83 Å². The fraction of sp³-hybridized carbons (Fsp3) is 0.0455. The summed E-state index contributed by atoms with van der Waals surface area (Å²) in [6.45, 7) is 0. The summed E-state index contributed by atoms with van der Waals surface area (Å²) in [5.41, 5.74) is 2.21.